The lowest BCUT2D eigenvalue weighted by molar-refractivity contribution is 0.0897. The summed E-state index contributed by atoms with van der Waals surface area (Å²) in [5.74, 6) is 0.409. The number of hydrogen-bond acceptors (Lipinski definition) is 2. The first kappa shape index (κ1) is 16.3. The van der Waals surface area contributed by atoms with Gasteiger partial charge in [0.2, 0.25) is 0 Å². The number of aryl methyl sites for hydroxylation is 1. The van der Waals surface area contributed by atoms with Crippen LogP contribution >= 0.6 is 24.0 Å². The van der Waals surface area contributed by atoms with Crippen LogP contribution in [0.4, 0.5) is 0 Å². The molecular weight excluding hydrogens is 283 g/mol. The summed E-state index contributed by atoms with van der Waals surface area (Å²) in [6.45, 7) is 4.40. The molecule has 0 aliphatic heterocycles. The molecule has 3 nitrogen and oxygen atoms in total. The van der Waals surface area contributed by atoms with Crippen LogP contribution in [0.2, 0.25) is 5.02 Å². The number of carbonyl (C=O) groups excluding carboxylic acids is 1. The average Bonchev–Trinajstić information content (AvgIpc) is 3.11. The van der Waals surface area contributed by atoms with E-state index in [1.165, 1.54) is 0 Å². The standard InChI is InChI=1S/C14H19ClN2O.ClH/c1-9-5-10(7-12(15)6-9)13(18)17-14(2,8-16)11-3-4-11;/h5-7,11H,3-4,8,16H2,1-2H3,(H,17,18);1H. The number of hydrogen-bond donors (Lipinski definition) is 2. The van der Waals surface area contributed by atoms with Crippen LogP contribution in [0.3, 0.4) is 0 Å². The molecule has 0 heterocycles. The van der Waals surface area contributed by atoms with Crippen molar-refractivity contribution >= 4 is 29.9 Å². The minimum atomic E-state index is -0.298. The Balaban J connectivity index is 0.00000180. The van der Waals surface area contributed by atoms with Crippen molar-refractivity contribution in [3.8, 4) is 0 Å². The molecule has 2 rings (SSSR count). The van der Waals surface area contributed by atoms with E-state index in [4.69, 9.17) is 17.3 Å². The maximum Gasteiger partial charge on any atom is 0.251 e. The second-order valence-electron chi connectivity index (χ2n) is 5.37. The van der Waals surface area contributed by atoms with Crippen LogP contribution in [-0.2, 0) is 0 Å². The van der Waals surface area contributed by atoms with Gasteiger partial charge >= 0.3 is 0 Å². The van der Waals surface area contributed by atoms with Crippen molar-refractivity contribution in [2.75, 3.05) is 6.54 Å². The molecule has 1 amide bonds. The molecule has 5 heteroatoms. The van der Waals surface area contributed by atoms with Gasteiger partial charge in [0.15, 0.2) is 0 Å². The van der Waals surface area contributed by atoms with Crippen molar-refractivity contribution in [2.45, 2.75) is 32.2 Å². The maximum atomic E-state index is 12.2. The number of nitrogens with two attached hydrogens (primary N) is 1. The van der Waals surface area contributed by atoms with Gasteiger partial charge in [-0.15, -0.1) is 12.4 Å². The zero-order valence-corrected chi connectivity index (χ0v) is 12.8. The molecule has 0 radical (unpaired) electrons. The van der Waals surface area contributed by atoms with E-state index in [1.807, 2.05) is 26.0 Å². The fourth-order valence-corrected chi connectivity index (χ4v) is 2.53. The van der Waals surface area contributed by atoms with E-state index in [9.17, 15) is 4.79 Å². The molecule has 106 valence electrons. The van der Waals surface area contributed by atoms with Crippen molar-refractivity contribution < 1.29 is 4.79 Å². The first-order valence-electron chi connectivity index (χ1n) is 6.24. The highest BCUT2D eigenvalue weighted by Crippen LogP contribution is 2.39. The number of benzene rings is 1. The third kappa shape index (κ3) is 3.85. The summed E-state index contributed by atoms with van der Waals surface area (Å²) < 4.78 is 0. The maximum absolute atomic E-state index is 12.2. The molecule has 1 saturated carbocycles. The second kappa shape index (κ2) is 6.12. The molecular formula is C14H20Cl2N2O. The van der Waals surface area contributed by atoms with Gasteiger partial charge in [-0.2, -0.15) is 0 Å². The van der Waals surface area contributed by atoms with Crippen molar-refractivity contribution in [1.29, 1.82) is 0 Å². The lowest BCUT2D eigenvalue weighted by Gasteiger charge is -2.29. The topological polar surface area (TPSA) is 55.1 Å². The average molecular weight is 303 g/mol. The zero-order valence-electron chi connectivity index (χ0n) is 11.2. The molecule has 0 saturated heterocycles. The molecule has 1 atom stereocenters. The molecule has 19 heavy (non-hydrogen) atoms. The summed E-state index contributed by atoms with van der Waals surface area (Å²) >= 11 is 5.97. The smallest absolute Gasteiger partial charge is 0.251 e. The normalized spacial score (nSPS) is 17.3. The highest BCUT2D eigenvalue weighted by atomic mass is 35.5. The SMILES string of the molecule is Cc1cc(Cl)cc(C(=O)NC(C)(CN)C2CC2)c1.Cl. The summed E-state index contributed by atoms with van der Waals surface area (Å²) in [6, 6.07) is 5.36. The van der Waals surface area contributed by atoms with Crippen molar-refractivity contribution in [3.63, 3.8) is 0 Å². The minimum Gasteiger partial charge on any atom is -0.345 e. The van der Waals surface area contributed by atoms with E-state index in [0.29, 0.717) is 23.0 Å². The highest BCUT2D eigenvalue weighted by molar-refractivity contribution is 6.31. The summed E-state index contributed by atoms with van der Waals surface area (Å²) in [6.07, 6.45) is 2.28. The van der Waals surface area contributed by atoms with Crippen LogP contribution in [-0.4, -0.2) is 18.0 Å². The Kier molecular flexibility index (Phi) is 5.25. The first-order chi connectivity index (χ1) is 8.44. The number of rotatable bonds is 4. The van der Waals surface area contributed by atoms with Crippen LogP contribution in [0.15, 0.2) is 18.2 Å². The van der Waals surface area contributed by atoms with Gasteiger partial charge < -0.3 is 11.1 Å². The molecule has 1 aliphatic carbocycles. The van der Waals surface area contributed by atoms with Crippen molar-refractivity contribution in [2.24, 2.45) is 11.7 Å². The van der Waals surface area contributed by atoms with Crippen LogP contribution in [0.5, 0.6) is 0 Å². The molecule has 0 spiro atoms. The third-order valence-electron chi connectivity index (χ3n) is 3.61. The van der Waals surface area contributed by atoms with Gasteiger partial charge in [-0.05, 0) is 56.4 Å². The molecule has 0 bridgehead atoms. The second-order valence-corrected chi connectivity index (χ2v) is 5.80. The monoisotopic (exact) mass is 302 g/mol. The van der Waals surface area contributed by atoms with E-state index in [1.54, 1.807) is 6.07 Å². The van der Waals surface area contributed by atoms with Crippen LogP contribution < -0.4 is 11.1 Å². The Morgan fingerprint density at radius 3 is 2.58 bits per heavy atom. The number of halogens is 2. The molecule has 1 aliphatic rings. The van der Waals surface area contributed by atoms with Gasteiger partial charge in [-0.1, -0.05) is 11.6 Å². The summed E-state index contributed by atoms with van der Waals surface area (Å²) in [7, 11) is 0. The Morgan fingerprint density at radius 2 is 2.11 bits per heavy atom. The summed E-state index contributed by atoms with van der Waals surface area (Å²) in [4.78, 5) is 12.2. The van der Waals surface area contributed by atoms with E-state index < -0.39 is 0 Å². The summed E-state index contributed by atoms with van der Waals surface area (Å²) in [5.41, 5.74) is 7.07. The largest absolute Gasteiger partial charge is 0.345 e. The lowest BCUT2D eigenvalue weighted by atomic mass is 9.95. The van der Waals surface area contributed by atoms with E-state index in [-0.39, 0.29) is 23.9 Å². The van der Waals surface area contributed by atoms with Gasteiger partial charge in [0.05, 0.1) is 5.54 Å². The predicted octanol–water partition coefficient (Wildman–Crippen LogP) is 2.93. The van der Waals surface area contributed by atoms with Gasteiger partial charge in [0, 0.05) is 17.1 Å². The van der Waals surface area contributed by atoms with Gasteiger partial charge in [0.1, 0.15) is 0 Å². The van der Waals surface area contributed by atoms with Crippen molar-refractivity contribution in [3.05, 3.63) is 34.3 Å². The van der Waals surface area contributed by atoms with Crippen LogP contribution in [0.1, 0.15) is 35.7 Å². The molecule has 1 aromatic rings. The molecule has 1 unspecified atom stereocenters. The molecule has 1 aromatic carbocycles. The number of carbonyl (C=O) groups is 1. The van der Waals surface area contributed by atoms with E-state index in [0.717, 1.165) is 18.4 Å². The van der Waals surface area contributed by atoms with E-state index >= 15 is 0 Å². The fraction of sp³-hybridized carbons (Fsp3) is 0.500. The minimum absolute atomic E-state index is 0. The quantitative estimate of drug-likeness (QED) is 0.898. The first-order valence-corrected chi connectivity index (χ1v) is 6.62. The van der Waals surface area contributed by atoms with Gasteiger partial charge in [0.25, 0.3) is 5.91 Å². The highest BCUT2D eigenvalue weighted by Gasteiger charge is 2.41. The molecule has 1 fully saturated rings. The van der Waals surface area contributed by atoms with Gasteiger partial charge in [-0.3, -0.25) is 4.79 Å². The fourth-order valence-electron chi connectivity index (χ4n) is 2.24. The number of amides is 1. The van der Waals surface area contributed by atoms with Gasteiger partial charge in [-0.25, -0.2) is 0 Å². The zero-order chi connectivity index (χ0) is 13.3. The Hall–Kier alpha value is -0.770. The van der Waals surface area contributed by atoms with Crippen molar-refractivity contribution in [1.82, 2.24) is 5.32 Å². The molecule has 0 aromatic heterocycles. The lowest BCUT2D eigenvalue weighted by Crippen LogP contribution is -2.53. The van der Waals surface area contributed by atoms with Crippen LogP contribution in [0.25, 0.3) is 0 Å². The Morgan fingerprint density at radius 1 is 1.47 bits per heavy atom. The Bertz CT molecular complexity index is 454. The Labute approximate surface area is 125 Å². The predicted molar refractivity (Wildman–Crippen MR) is 81.1 cm³/mol. The molecule has 3 N–H and O–H groups in total. The number of nitrogens with one attached hydrogen (secondary N) is 1. The summed E-state index contributed by atoms with van der Waals surface area (Å²) in [5, 5.41) is 3.64. The van der Waals surface area contributed by atoms with E-state index in [2.05, 4.69) is 5.32 Å². The third-order valence-corrected chi connectivity index (χ3v) is 3.82. The van der Waals surface area contributed by atoms with Crippen LogP contribution in [0, 0.1) is 12.8 Å².